The molecule has 0 fully saturated rings. The minimum Gasteiger partial charge on any atom is -0.481 e. The molecule has 0 heterocycles. The molecule has 21 heavy (non-hydrogen) atoms. The number of carbonyl (C=O) groups is 1. The fourth-order valence-corrected chi connectivity index (χ4v) is 2.73. The lowest BCUT2D eigenvalue weighted by Crippen LogP contribution is -2.19. The van der Waals surface area contributed by atoms with Crippen molar-refractivity contribution in [3.8, 4) is 0 Å². The summed E-state index contributed by atoms with van der Waals surface area (Å²) in [5, 5.41) is 8.56. The highest BCUT2D eigenvalue weighted by Gasteiger charge is 2.04. The van der Waals surface area contributed by atoms with Crippen LogP contribution in [0.25, 0.3) is 0 Å². The van der Waals surface area contributed by atoms with Crippen molar-refractivity contribution in [3.63, 3.8) is 0 Å². The predicted octanol–water partition coefficient (Wildman–Crippen LogP) is 5.27. The molecule has 3 nitrogen and oxygen atoms in total. The molecule has 0 amide bonds. The Balaban J connectivity index is 3.12. The summed E-state index contributed by atoms with van der Waals surface area (Å²) in [6.45, 7) is 2.26. The van der Waals surface area contributed by atoms with Gasteiger partial charge in [-0.3, -0.25) is 4.79 Å². The van der Waals surface area contributed by atoms with Crippen LogP contribution in [0.2, 0.25) is 0 Å². The van der Waals surface area contributed by atoms with Crippen molar-refractivity contribution in [3.05, 3.63) is 0 Å². The normalized spacial score (nSPS) is 12.5. The van der Waals surface area contributed by atoms with Crippen LogP contribution >= 0.6 is 0 Å². The van der Waals surface area contributed by atoms with Gasteiger partial charge in [0.05, 0.1) is 0 Å². The SMILES string of the molecule is CCCCCCCCCCCCCC(N)CCCC(=O)O. The highest BCUT2D eigenvalue weighted by molar-refractivity contribution is 5.66. The van der Waals surface area contributed by atoms with E-state index in [0.717, 1.165) is 12.8 Å². The van der Waals surface area contributed by atoms with Gasteiger partial charge in [-0.15, -0.1) is 0 Å². The summed E-state index contributed by atoms with van der Waals surface area (Å²) in [7, 11) is 0. The maximum absolute atomic E-state index is 10.4. The first kappa shape index (κ1) is 20.4. The van der Waals surface area contributed by atoms with E-state index in [1.54, 1.807) is 0 Å². The molecule has 3 N–H and O–H groups in total. The molecule has 0 radical (unpaired) electrons. The van der Waals surface area contributed by atoms with Crippen LogP contribution in [0.1, 0.15) is 103 Å². The van der Waals surface area contributed by atoms with Gasteiger partial charge in [0.1, 0.15) is 0 Å². The first-order chi connectivity index (χ1) is 10.2. The second-order valence-corrected chi connectivity index (χ2v) is 6.37. The summed E-state index contributed by atoms with van der Waals surface area (Å²) in [5.41, 5.74) is 5.99. The summed E-state index contributed by atoms with van der Waals surface area (Å²) >= 11 is 0. The summed E-state index contributed by atoms with van der Waals surface area (Å²) < 4.78 is 0. The molecule has 0 aliphatic carbocycles. The second kappa shape index (κ2) is 15.8. The van der Waals surface area contributed by atoms with Crippen LogP contribution in [0.3, 0.4) is 0 Å². The Morgan fingerprint density at radius 1 is 0.810 bits per heavy atom. The molecular weight excluding hydrogens is 262 g/mol. The summed E-state index contributed by atoms with van der Waals surface area (Å²) in [6, 6.07) is 0.197. The van der Waals surface area contributed by atoms with Crippen molar-refractivity contribution < 1.29 is 9.90 Å². The number of carboxylic acid groups (broad SMARTS) is 1. The van der Waals surface area contributed by atoms with Crippen molar-refractivity contribution in [2.45, 2.75) is 109 Å². The molecule has 0 aromatic rings. The molecule has 0 saturated heterocycles. The third kappa shape index (κ3) is 17.4. The minimum atomic E-state index is -0.711. The number of aliphatic carboxylic acids is 1. The van der Waals surface area contributed by atoms with Crippen molar-refractivity contribution in [2.24, 2.45) is 5.73 Å². The number of hydrogen-bond donors (Lipinski definition) is 2. The molecular formula is C18H37NO2. The Kier molecular flexibility index (Phi) is 15.4. The standard InChI is InChI=1S/C18H37NO2/c1-2-3-4-5-6-7-8-9-10-11-12-14-17(19)15-13-16-18(20)21/h17H,2-16,19H2,1H3,(H,20,21). The van der Waals surface area contributed by atoms with Gasteiger partial charge < -0.3 is 10.8 Å². The predicted molar refractivity (Wildman–Crippen MR) is 90.5 cm³/mol. The number of rotatable bonds is 16. The van der Waals surface area contributed by atoms with Gasteiger partial charge in [0.2, 0.25) is 0 Å². The number of unbranched alkanes of at least 4 members (excludes halogenated alkanes) is 10. The highest BCUT2D eigenvalue weighted by atomic mass is 16.4. The molecule has 1 atom stereocenters. The van der Waals surface area contributed by atoms with Crippen LogP contribution in [0, 0.1) is 0 Å². The zero-order valence-electron chi connectivity index (χ0n) is 14.1. The summed E-state index contributed by atoms with van der Waals surface area (Å²) in [5.74, 6) is -0.711. The van der Waals surface area contributed by atoms with E-state index in [0.29, 0.717) is 6.42 Å². The van der Waals surface area contributed by atoms with E-state index >= 15 is 0 Å². The average Bonchev–Trinajstić information content (AvgIpc) is 2.44. The third-order valence-corrected chi connectivity index (χ3v) is 4.14. The van der Waals surface area contributed by atoms with Crippen LogP contribution in [0.4, 0.5) is 0 Å². The van der Waals surface area contributed by atoms with Gasteiger partial charge >= 0.3 is 5.97 Å². The van der Waals surface area contributed by atoms with E-state index in [1.165, 1.54) is 70.6 Å². The lowest BCUT2D eigenvalue weighted by Gasteiger charge is -2.10. The minimum absolute atomic E-state index is 0.197. The van der Waals surface area contributed by atoms with Gasteiger partial charge in [0.15, 0.2) is 0 Å². The van der Waals surface area contributed by atoms with E-state index in [1.807, 2.05) is 0 Å². The van der Waals surface area contributed by atoms with Gasteiger partial charge in [-0.25, -0.2) is 0 Å². The Morgan fingerprint density at radius 3 is 1.71 bits per heavy atom. The number of hydrogen-bond acceptors (Lipinski definition) is 2. The van der Waals surface area contributed by atoms with E-state index in [4.69, 9.17) is 10.8 Å². The van der Waals surface area contributed by atoms with Crippen LogP contribution in [-0.4, -0.2) is 17.1 Å². The molecule has 3 heteroatoms. The molecule has 0 aromatic carbocycles. The van der Waals surface area contributed by atoms with Crippen LogP contribution < -0.4 is 5.73 Å². The summed E-state index contributed by atoms with van der Waals surface area (Å²) in [6.07, 6.45) is 17.8. The average molecular weight is 299 g/mol. The fraction of sp³-hybridized carbons (Fsp3) is 0.944. The Morgan fingerprint density at radius 2 is 1.24 bits per heavy atom. The van der Waals surface area contributed by atoms with E-state index < -0.39 is 5.97 Å². The molecule has 1 unspecified atom stereocenters. The third-order valence-electron chi connectivity index (χ3n) is 4.14. The first-order valence-corrected chi connectivity index (χ1v) is 9.14. The van der Waals surface area contributed by atoms with E-state index in [2.05, 4.69) is 6.92 Å². The topological polar surface area (TPSA) is 63.3 Å². The zero-order valence-corrected chi connectivity index (χ0v) is 14.1. The van der Waals surface area contributed by atoms with Crippen molar-refractivity contribution >= 4 is 5.97 Å². The van der Waals surface area contributed by atoms with E-state index in [-0.39, 0.29) is 12.5 Å². The monoisotopic (exact) mass is 299 g/mol. The quantitative estimate of drug-likeness (QED) is 0.382. The molecule has 0 saturated carbocycles. The molecule has 0 aliphatic heterocycles. The van der Waals surface area contributed by atoms with Gasteiger partial charge in [-0.2, -0.15) is 0 Å². The zero-order chi connectivity index (χ0) is 15.8. The Labute approximate surface area is 131 Å². The molecule has 0 bridgehead atoms. The lowest BCUT2D eigenvalue weighted by molar-refractivity contribution is -0.137. The molecule has 0 rings (SSSR count). The van der Waals surface area contributed by atoms with Gasteiger partial charge in [-0.05, 0) is 19.3 Å². The molecule has 0 aliphatic rings. The molecule has 0 spiro atoms. The van der Waals surface area contributed by atoms with Crippen LogP contribution in [0.15, 0.2) is 0 Å². The maximum Gasteiger partial charge on any atom is 0.303 e. The summed E-state index contributed by atoms with van der Waals surface area (Å²) in [4.78, 5) is 10.4. The molecule has 126 valence electrons. The van der Waals surface area contributed by atoms with Crippen LogP contribution in [-0.2, 0) is 4.79 Å². The largest absolute Gasteiger partial charge is 0.481 e. The lowest BCUT2D eigenvalue weighted by atomic mass is 10.0. The smallest absolute Gasteiger partial charge is 0.303 e. The Hall–Kier alpha value is -0.570. The van der Waals surface area contributed by atoms with Crippen molar-refractivity contribution in [1.82, 2.24) is 0 Å². The second-order valence-electron chi connectivity index (χ2n) is 6.37. The Bertz CT molecular complexity index is 231. The van der Waals surface area contributed by atoms with Gasteiger partial charge in [-0.1, -0.05) is 77.6 Å². The first-order valence-electron chi connectivity index (χ1n) is 9.14. The highest BCUT2D eigenvalue weighted by Crippen LogP contribution is 2.13. The van der Waals surface area contributed by atoms with Crippen molar-refractivity contribution in [2.75, 3.05) is 0 Å². The fourth-order valence-electron chi connectivity index (χ4n) is 2.73. The number of nitrogens with two attached hydrogens (primary N) is 1. The van der Waals surface area contributed by atoms with Gasteiger partial charge in [0.25, 0.3) is 0 Å². The number of carboxylic acids is 1. The molecule has 0 aromatic heterocycles. The maximum atomic E-state index is 10.4. The van der Waals surface area contributed by atoms with Gasteiger partial charge in [0, 0.05) is 12.5 Å². The van der Waals surface area contributed by atoms with E-state index in [9.17, 15) is 4.79 Å². The van der Waals surface area contributed by atoms with Crippen molar-refractivity contribution in [1.29, 1.82) is 0 Å². The van der Waals surface area contributed by atoms with Crippen LogP contribution in [0.5, 0.6) is 0 Å².